The Hall–Kier alpha value is -1.96. The first-order chi connectivity index (χ1) is 15.4. The van der Waals surface area contributed by atoms with Gasteiger partial charge >= 0.3 is 21.3 Å². The van der Waals surface area contributed by atoms with Crippen molar-refractivity contribution in [2.75, 3.05) is 6.61 Å². The number of hydrogen-bond donors (Lipinski definition) is 5. The molecular weight excluding hydrogens is 486 g/mol. The van der Waals surface area contributed by atoms with E-state index in [9.17, 15) is 33.8 Å². The van der Waals surface area contributed by atoms with Crippen LogP contribution in [0.25, 0.3) is 0 Å². The van der Waals surface area contributed by atoms with Gasteiger partial charge in [-0.25, -0.2) is 13.9 Å². The van der Waals surface area contributed by atoms with Crippen molar-refractivity contribution in [3.05, 3.63) is 69.0 Å². The van der Waals surface area contributed by atoms with Gasteiger partial charge in [-0.2, -0.15) is 4.31 Å². The van der Waals surface area contributed by atoms with E-state index in [4.69, 9.17) is 14.5 Å². The zero-order valence-electron chi connectivity index (χ0n) is 16.9. The molecule has 0 radical (unpaired) electrons. The van der Waals surface area contributed by atoms with Gasteiger partial charge in [0.15, 0.2) is 6.23 Å². The van der Waals surface area contributed by atoms with Gasteiger partial charge < -0.3 is 29.6 Å². The Morgan fingerprint density at radius 3 is 2.30 bits per heavy atom. The van der Waals surface area contributed by atoms with Gasteiger partial charge in [-0.15, -0.1) is 0 Å². The fourth-order valence-corrected chi connectivity index (χ4v) is 4.84. The highest BCUT2D eigenvalue weighted by molar-refractivity contribution is 7.60. The number of phosphoric ester groups is 1. The summed E-state index contributed by atoms with van der Waals surface area (Å²) >= 11 is 0. The summed E-state index contributed by atoms with van der Waals surface area (Å²) in [6.45, 7) is -0.876. The van der Waals surface area contributed by atoms with Gasteiger partial charge in [0.25, 0.3) is 5.56 Å². The van der Waals surface area contributed by atoms with E-state index < -0.39 is 58.0 Å². The summed E-state index contributed by atoms with van der Waals surface area (Å²) in [6.07, 6.45) is -4.91. The van der Waals surface area contributed by atoms with E-state index in [2.05, 4.69) is 8.83 Å². The van der Waals surface area contributed by atoms with Crippen LogP contribution >= 0.6 is 15.6 Å². The van der Waals surface area contributed by atoms with Crippen LogP contribution < -0.4 is 11.2 Å². The second kappa shape index (κ2) is 10.1. The van der Waals surface area contributed by atoms with E-state index in [1.807, 2.05) is 30.3 Å². The molecule has 1 aliphatic heterocycles. The normalized spacial score (nSPS) is 25.1. The second-order valence-electron chi connectivity index (χ2n) is 7.11. The first-order valence-electron chi connectivity index (χ1n) is 9.50. The van der Waals surface area contributed by atoms with Crippen LogP contribution in [0.4, 0.5) is 0 Å². The van der Waals surface area contributed by atoms with E-state index in [0.29, 0.717) is 6.42 Å². The summed E-state index contributed by atoms with van der Waals surface area (Å²) in [5.41, 5.74) is -0.528. The van der Waals surface area contributed by atoms with Crippen LogP contribution in [0.15, 0.2) is 52.2 Å². The van der Waals surface area contributed by atoms with Crippen molar-refractivity contribution in [2.24, 2.45) is 0 Å². The second-order valence-corrected chi connectivity index (χ2v) is 9.94. The van der Waals surface area contributed by atoms with Crippen molar-refractivity contribution in [1.29, 1.82) is 0 Å². The molecular formula is C17H22N2O12P2. The molecule has 0 bridgehead atoms. The number of nitrogens with zero attached hydrogens (tertiary/aromatic N) is 2. The van der Waals surface area contributed by atoms with Crippen LogP contribution in [-0.2, 0) is 35.7 Å². The third kappa shape index (κ3) is 6.55. The molecule has 3 rings (SSSR count). The van der Waals surface area contributed by atoms with Gasteiger partial charge in [-0.1, -0.05) is 30.3 Å². The molecule has 16 heteroatoms. The predicted octanol–water partition coefficient (Wildman–Crippen LogP) is -0.902. The number of aliphatic hydroxyl groups is 2. The molecule has 1 aromatic heterocycles. The molecule has 1 aliphatic rings. The van der Waals surface area contributed by atoms with Crippen LogP contribution in [0.5, 0.6) is 0 Å². The largest absolute Gasteiger partial charge is 0.481 e. The van der Waals surface area contributed by atoms with Gasteiger partial charge in [-0.05, 0) is 12.0 Å². The highest BCUT2D eigenvalue weighted by Gasteiger charge is 2.45. The fraction of sp³-hybridized carbons (Fsp3) is 0.412. The maximum absolute atomic E-state index is 12.9. The van der Waals surface area contributed by atoms with Gasteiger partial charge in [0.05, 0.1) is 6.61 Å². The minimum atomic E-state index is -5.35. The van der Waals surface area contributed by atoms with E-state index in [1.54, 1.807) is 0 Å². The molecule has 2 aromatic rings. The Labute approximate surface area is 186 Å². The smallest absolute Gasteiger partial charge is 0.387 e. The SMILES string of the molecule is O=c1ccn(C2OC(COP(=O)(O)OP(=O)(O)O)C(O)C2O)c(=O)n1CCc1ccccc1. The van der Waals surface area contributed by atoms with Crippen LogP contribution in [0.2, 0.25) is 0 Å². The predicted molar refractivity (Wildman–Crippen MR) is 110 cm³/mol. The highest BCUT2D eigenvalue weighted by atomic mass is 31.3. The molecule has 2 heterocycles. The van der Waals surface area contributed by atoms with Crippen LogP contribution in [-0.4, -0.2) is 58.9 Å². The quantitative estimate of drug-likeness (QED) is 0.261. The summed E-state index contributed by atoms with van der Waals surface area (Å²) in [4.78, 5) is 51.6. The average Bonchev–Trinajstić information content (AvgIpc) is 3.00. The molecule has 5 atom stereocenters. The number of aliphatic hydroxyl groups excluding tert-OH is 2. The minimum Gasteiger partial charge on any atom is -0.387 e. The number of aryl methyl sites for hydroxylation is 1. The Kier molecular flexibility index (Phi) is 7.87. The molecule has 1 saturated heterocycles. The average molecular weight is 508 g/mol. The van der Waals surface area contributed by atoms with Crippen molar-refractivity contribution in [3.8, 4) is 0 Å². The number of benzene rings is 1. The standard InChI is InChI=1S/C17H22N2O12P2/c20-13-7-9-19(17(23)18(13)8-6-11-4-2-1-3-5-11)16-15(22)14(21)12(30-16)10-29-33(27,28)31-32(24,25)26/h1-5,7,9,12,14-16,21-22H,6,8,10H2,(H,27,28)(H2,24,25,26). The third-order valence-electron chi connectivity index (χ3n) is 4.79. The summed E-state index contributed by atoms with van der Waals surface area (Å²) in [6, 6.07) is 10.2. The zero-order chi connectivity index (χ0) is 24.4. The lowest BCUT2D eigenvalue weighted by Crippen LogP contribution is -2.43. The first kappa shape index (κ1) is 25.7. The van der Waals surface area contributed by atoms with Gasteiger partial charge in [0, 0.05) is 18.8 Å². The van der Waals surface area contributed by atoms with Crippen LogP contribution in [0.3, 0.4) is 0 Å². The number of rotatable bonds is 9. The maximum Gasteiger partial charge on any atom is 0.481 e. The fourth-order valence-electron chi connectivity index (χ4n) is 3.24. The molecule has 33 heavy (non-hydrogen) atoms. The minimum absolute atomic E-state index is 0.0356. The summed E-state index contributed by atoms with van der Waals surface area (Å²) in [5, 5.41) is 20.5. The molecule has 14 nitrogen and oxygen atoms in total. The van der Waals surface area contributed by atoms with E-state index >= 15 is 0 Å². The Morgan fingerprint density at radius 2 is 1.67 bits per heavy atom. The molecule has 182 valence electrons. The topological polar surface area (TPSA) is 207 Å². The van der Waals surface area contributed by atoms with Crippen molar-refractivity contribution in [1.82, 2.24) is 9.13 Å². The molecule has 1 aromatic carbocycles. The van der Waals surface area contributed by atoms with Crippen molar-refractivity contribution >= 4 is 15.6 Å². The van der Waals surface area contributed by atoms with E-state index in [1.165, 1.54) is 0 Å². The highest BCUT2D eigenvalue weighted by Crippen LogP contribution is 2.57. The lowest BCUT2D eigenvalue weighted by Gasteiger charge is -2.19. The van der Waals surface area contributed by atoms with E-state index in [-0.39, 0.29) is 6.54 Å². The molecule has 0 aliphatic carbocycles. The lowest BCUT2D eigenvalue weighted by atomic mass is 10.1. The van der Waals surface area contributed by atoms with Crippen LogP contribution in [0.1, 0.15) is 11.8 Å². The van der Waals surface area contributed by atoms with Crippen molar-refractivity contribution < 1.29 is 47.6 Å². The van der Waals surface area contributed by atoms with Gasteiger partial charge in [0.1, 0.15) is 18.3 Å². The number of ether oxygens (including phenoxy) is 1. The number of aromatic nitrogens is 2. The van der Waals surface area contributed by atoms with Crippen molar-refractivity contribution in [3.63, 3.8) is 0 Å². The summed E-state index contributed by atoms with van der Waals surface area (Å²) in [5.74, 6) is 0. The summed E-state index contributed by atoms with van der Waals surface area (Å²) in [7, 11) is -10.6. The molecule has 0 amide bonds. The Morgan fingerprint density at radius 1 is 1.00 bits per heavy atom. The third-order valence-corrected chi connectivity index (χ3v) is 6.94. The lowest BCUT2D eigenvalue weighted by molar-refractivity contribution is -0.0548. The molecule has 5 unspecified atom stereocenters. The zero-order valence-corrected chi connectivity index (χ0v) is 18.6. The first-order valence-corrected chi connectivity index (χ1v) is 12.5. The van der Waals surface area contributed by atoms with Gasteiger partial charge in [-0.3, -0.25) is 18.5 Å². The molecule has 0 spiro atoms. The molecule has 0 saturated carbocycles. The molecule has 5 N–H and O–H groups in total. The summed E-state index contributed by atoms with van der Waals surface area (Å²) < 4.78 is 37.5. The monoisotopic (exact) mass is 508 g/mol. The Bertz CT molecular complexity index is 1180. The number of phosphoric acid groups is 2. The van der Waals surface area contributed by atoms with Crippen molar-refractivity contribution in [2.45, 2.75) is 37.5 Å². The maximum atomic E-state index is 12.9. The van der Waals surface area contributed by atoms with E-state index in [0.717, 1.165) is 27.0 Å². The van der Waals surface area contributed by atoms with Gasteiger partial charge in [0.2, 0.25) is 0 Å². The van der Waals surface area contributed by atoms with Crippen LogP contribution in [0, 0.1) is 0 Å². The number of hydrogen-bond acceptors (Lipinski definition) is 9. The molecule has 1 fully saturated rings. The Balaban J connectivity index is 1.75.